The van der Waals surface area contributed by atoms with E-state index in [1.54, 1.807) is 29.7 Å². The van der Waals surface area contributed by atoms with Crippen LogP contribution in [-0.4, -0.2) is 82.6 Å². The molecule has 0 unspecified atom stereocenters. The molecule has 0 bridgehead atoms. The van der Waals surface area contributed by atoms with Gasteiger partial charge >= 0.3 is 11.9 Å². The van der Waals surface area contributed by atoms with Gasteiger partial charge in [-0.15, -0.1) is 22.7 Å². The number of carbonyl (C=O) groups excluding carboxylic acids is 1. The first-order chi connectivity index (χ1) is 13.4. The normalized spacial score (nSPS) is 14.8. The molecule has 1 amide bonds. The number of thiazole rings is 1. The Balaban J connectivity index is 0.000000409. The molecule has 0 atom stereocenters. The number of nitrogens with zero attached hydrogens (tertiary/aromatic N) is 3. The second kappa shape index (κ2) is 10.9. The number of thiophene rings is 1. The van der Waals surface area contributed by atoms with E-state index in [1.165, 1.54) is 9.88 Å². The number of piperazine rings is 1. The lowest BCUT2D eigenvalue weighted by molar-refractivity contribution is -0.159. The molecule has 152 valence electrons. The van der Waals surface area contributed by atoms with Crippen molar-refractivity contribution in [1.82, 2.24) is 20.1 Å². The zero-order chi connectivity index (χ0) is 20.5. The second-order valence-corrected chi connectivity index (χ2v) is 7.83. The lowest BCUT2D eigenvalue weighted by Gasteiger charge is -2.33. The average molecular weight is 427 g/mol. The standard InChI is InChI=1S/C15H20N4OS2.C2H2O4/c1-16-14(20)9-18-4-6-19(7-5-18)10-15-17-12(11-22-15)13-3-2-8-21-13;3-1(4)2(5)6/h2-3,8,11H,4-7,9-10H2,1H3,(H,16,20);(H,3,4)(H,5,6). The molecule has 3 heterocycles. The SMILES string of the molecule is CNC(=O)CN1CCN(Cc2nc(-c3cccs3)cs2)CC1.O=C(O)C(=O)O. The van der Waals surface area contributed by atoms with E-state index in [1.807, 2.05) is 0 Å². The summed E-state index contributed by atoms with van der Waals surface area (Å²) in [6.45, 7) is 5.27. The first kappa shape index (κ1) is 22.0. The first-order valence-electron chi connectivity index (χ1n) is 8.48. The molecule has 3 N–H and O–H groups in total. The molecule has 0 radical (unpaired) electrons. The smallest absolute Gasteiger partial charge is 0.414 e. The number of hydrogen-bond acceptors (Lipinski definition) is 8. The highest BCUT2D eigenvalue weighted by atomic mass is 32.1. The lowest BCUT2D eigenvalue weighted by Crippen LogP contribution is -2.48. The summed E-state index contributed by atoms with van der Waals surface area (Å²) in [5.74, 6) is -3.56. The summed E-state index contributed by atoms with van der Waals surface area (Å²) in [7, 11) is 1.69. The number of rotatable bonds is 5. The van der Waals surface area contributed by atoms with Gasteiger partial charge in [-0.25, -0.2) is 14.6 Å². The Labute approximate surface area is 170 Å². The molecule has 2 aromatic rings. The number of aromatic nitrogens is 1. The summed E-state index contributed by atoms with van der Waals surface area (Å²) in [5.41, 5.74) is 1.09. The van der Waals surface area contributed by atoms with Gasteiger partial charge in [0.05, 0.1) is 23.7 Å². The van der Waals surface area contributed by atoms with E-state index in [9.17, 15) is 4.79 Å². The van der Waals surface area contributed by atoms with Gasteiger partial charge in [-0.05, 0) is 11.4 Å². The first-order valence-corrected chi connectivity index (χ1v) is 10.2. The van der Waals surface area contributed by atoms with Gasteiger partial charge in [0.1, 0.15) is 5.01 Å². The number of aliphatic carboxylic acids is 2. The van der Waals surface area contributed by atoms with Crippen molar-refractivity contribution < 1.29 is 24.6 Å². The predicted octanol–water partition coefficient (Wildman–Crippen LogP) is 0.891. The van der Waals surface area contributed by atoms with Crippen molar-refractivity contribution in [2.75, 3.05) is 39.8 Å². The predicted molar refractivity (Wildman–Crippen MR) is 106 cm³/mol. The van der Waals surface area contributed by atoms with E-state index in [0.717, 1.165) is 38.4 Å². The number of amides is 1. The van der Waals surface area contributed by atoms with E-state index in [4.69, 9.17) is 24.8 Å². The minimum Gasteiger partial charge on any atom is -0.473 e. The highest BCUT2D eigenvalue weighted by molar-refractivity contribution is 7.14. The van der Waals surface area contributed by atoms with Gasteiger partial charge in [-0.3, -0.25) is 14.6 Å². The van der Waals surface area contributed by atoms with E-state index >= 15 is 0 Å². The molecule has 0 aliphatic carbocycles. The summed E-state index contributed by atoms with van der Waals surface area (Å²) in [6, 6.07) is 4.17. The highest BCUT2D eigenvalue weighted by Gasteiger charge is 2.19. The van der Waals surface area contributed by atoms with Crippen LogP contribution in [-0.2, 0) is 20.9 Å². The zero-order valence-electron chi connectivity index (χ0n) is 15.3. The minimum atomic E-state index is -1.82. The summed E-state index contributed by atoms with van der Waals surface area (Å²) < 4.78 is 0. The van der Waals surface area contributed by atoms with E-state index in [0.29, 0.717) is 6.54 Å². The van der Waals surface area contributed by atoms with Gasteiger partial charge in [0.2, 0.25) is 5.91 Å². The third-order valence-electron chi connectivity index (χ3n) is 3.98. The Morgan fingerprint density at radius 3 is 2.29 bits per heavy atom. The van der Waals surface area contributed by atoms with Crippen molar-refractivity contribution in [2.45, 2.75) is 6.54 Å². The summed E-state index contributed by atoms with van der Waals surface area (Å²) >= 11 is 3.46. The Hall–Kier alpha value is -2.34. The fourth-order valence-corrected chi connectivity index (χ4v) is 4.10. The Morgan fingerprint density at radius 1 is 1.11 bits per heavy atom. The fraction of sp³-hybridized carbons (Fsp3) is 0.412. The Morgan fingerprint density at radius 2 is 1.75 bits per heavy atom. The monoisotopic (exact) mass is 426 g/mol. The molecule has 1 fully saturated rings. The van der Waals surface area contributed by atoms with Crippen molar-refractivity contribution in [1.29, 1.82) is 0 Å². The third-order valence-corrected chi connectivity index (χ3v) is 5.70. The van der Waals surface area contributed by atoms with E-state index in [-0.39, 0.29) is 5.91 Å². The average Bonchev–Trinajstić information content (AvgIpc) is 3.35. The third kappa shape index (κ3) is 7.00. The molecular weight excluding hydrogens is 404 g/mol. The molecule has 28 heavy (non-hydrogen) atoms. The van der Waals surface area contributed by atoms with Crippen LogP contribution in [0.1, 0.15) is 5.01 Å². The molecule has 1 aliphatic rings. The molecule has 0 aromatic carbocycles. The number of carbonyl (C=O) groups is 3. The zero-order valence-corrected chi connectivity index (χ0v) is 17.0. The van der Waals surface area contributed by atoms with Crippen LogP contribution < -0.4 is 5.32 Å². The fourth-order valence-electron chi connectivity index (χ4n) is 2.50. The van der Waals surface area contributed by atoms with Crippen LogP contribution in [0.3, 0.4) is 0 Å². The van der Waals surface area contributed by atoms with E-state index in [2.05, 4.69) is 38.0 Å². The van der Waals surface area contributed by atoms with Crippen LogP contribution in [0.25, 0.3) is 10.6 Å². The number of likely N-dealkylation sites (N-methyl/N-ethyl adjacent to an activating group) is 1. The van der Waals surface area contributed by atoms with Gasteiger partial charge in [0.15, 0.2) is 0 Å². The van der Waals surface area contributed by atoms with Gasteiger partial charge < -0.3 is 15.5 Å². The van der Waals surface area contributed by atoms with Crippen molar-refractivity contribution in [3.63, 3.8) is 0 Å². The number of carboxylic acids is 2. The summed E-state index contributed by atoms with van der Waals surface area (Å²) in [5, 5.41) is 22.9. The van der Waals surface area contributed by atoms with Crippen LogP contribution in [0.4, 0.5) is 0 Å². The molecule has 11 heteroatoms. The summed E-state index contributed by atoms with van der Waals surface area (Å²) in [4.78, 5) is 40.2. The number of carboxylic acid groups (broad SMARTS) is 2. The molecule has 0 saturated carbocycles. The van der Waals surface area contributed by atoms with Gasteiger partial charge in [-0.2, -0.15) is 0 Å². The number of nitrogens with one attached hydrogen (secondary N) is 1. The van der Waals surface area contributed by atoms with Gasteiger partial charge in [-0.1, -0.05) is 6.07 Å². The maximum Gasteiger partial charge on any atom is 0.414 e. The second-order valence-electron chi connectivity index (χ2n) is 5.94. The maximum atomic E-state index is 11.4. The van der Waals surface area contributed by atoms with Crippen molar-refractivity contribution in [2.24, 2.45) is 0 Å². The van der Waals surface area contributed by atoms with Crippen LogP contribution in [0.15, 0.2) is 22.9 Å². The molecule has 0 spiro atoms. The topological polar surface area (TPSA) is 123 Å². The molecule has 3 rings (SSSR count). The van der Waals surface area contributed by atoms with Crippen molar-refractivity contribution in [3.8, 4) is 10.6 Å². The number of hydrogen-bond donors (Lipinski definition) is 3. The largest absolute Gasteiger partial charge is 0.473 e. The molecular formula is C17H22N4O5S2. The quantitative estimate of drug-likeness (QED) is 0.603. The van der Waals surface area contributed by atoms with Crippen molar-refractivity contribution in [3.05, 3.63) is 27.9 Å². The molecule has 9 nitrogen and oxygen atoms in total. The van der Waals surface area contributed by atoms with Crippen LogP contribution in [0.2, 0.25) is 0 Å². The lowest BCUT2D eigenvalue weighted by atomic mass is 10.3. The van der Waals surface area contributed by atoms with E-state index < -0.39 is 11.9 Å². The minimum absolute atomic E-state index is 0.0916. The van der Waals surface area contributed by atoms with Crippen LogP contribution in [0.5, 0.6) is 0 Å². The molecule has 2 aromatic heterocycles. The van der Waals surface area contributed by atoms with Crippen molar-refractivity contribution >= 4 is 40.5 Å². The highest BCUT2D eigenvalue weighted by Crippen LogP contribution is 2.26. The van der Waals surface area contributed by atoms with Crippen LogP contribution >= 0.6 is 22.7 Å². The summed E-state index contributed by atoms with van der Waals surface area (Å²) in [6.07, 6.45) is 0. The maximum absolute atomic E-state index is 11.4. The van der Waals surface area contributed by atoms with Gasteiger partial charge in [0, 0.05) is 38.6 Å². The molecule has 1 saturated heterocycles. The Kier molecular flexibility index (Phi) is 8.51. The van der Waals surface area contributed by atoms with Crippen LogP contribution in [0, 0.1) is 0 Å². The van der Waals surface area contributed by atoms with Gasteiger partial charge in [0.25, 0.3) is 0 Å². The molecule has 1 aliphatic heterocycles. The Bertz CT molecular complexity index is 773.